The van der Waals surface area contributed by atoms with Gasteiger partial charge in [0.05, 0.1) is 18.7 Å². The summed E-state index contributed by atoms with van der Waals surface area (Å²) in [5, 5.41) is 0.464. The van der Waals surface area contributed by atoms with Crippen molar-refractivity contribution in [2.75, 3.05) is 30.5 Å². The number of carbonyl (C=O) groups is 1. The molecule has 0 aliphatic heterocycles. The predicted molar refractivity (Wildman–Crippen MR) is 73.3 cm³/mol. The molecule has 1 aromatic carbocycles. The van der Waals surface area contributed by atoms with Crippen LogP contribution in [0, 0.1) is 0 Å². The highest BCUT2D eigenvalue weighted by atomic mass is 35.5. The molecular formula is C11H12Cl3NO3. The number of hydrogen-bond acceptors (Lipinski definition) is 3. The standard InChI is InChI=1S/C11H12Cl3NO3/c1-17-10-3-2-8(14)6-9(10)15(7-13)11(16)18-5-4-12/h2-3,6H,4-5,7H2,1H3. The second-order valence-corrected chi connectivity index (χ2v) is 4.22. The molecule has 0 spiro atoms. The Balaban J connectivity index is 3.00. The van der Waals surface area contributed by atoms with Crippen molar-refractivity contribution in [3.8, 4) is 5.75 Å². The molecule has 0 aromatic heterocycles. The average molecular weight is 313 g/mol. The van der Waals surface area contributed by atoms with Crippen LogP contribution in [-0.4, -0.2) is 31.7 Å². The summed E-state index contributed by atoms with van der Waals surface area (Å²) in [6.45, 7) is 0.108. The minimum absolute atomic E-state index is 0.0855. The molecule has 0 saturated carbocycles. The van der Waals surface area contributed by atoms with E-state index in [2.05, 4.69) is 0 Å². The van der Waals surface area contributed by atoms with E-state index in [1.807, 2.05) is 0 Å². The Morgan fingerprint density at radius 2 is 2.11 bits per heavy atom. The van der Waals surface area contributed by atoms with Crippen LogP contribution < -0.4 is 9.64 Å². The number of benzene rings is 1. The summed E-state index contributed by atoms with van der Waals surface area (Å²) < 4.78 is 10.1. The molecule has 0 atom stereocenters. The highest BCUT2D eigenvalue weighted by Gasteiger charge is 2.20. The van der Waals surface area contributed by atoms with Crippen molar-refractivity contribution in [2.45, 2.75) is 0 Å². The first-order valence-electron chi connectivity index (χ1n) is 5.03. The van der Waals surface area contributed by atoms with Gasteiger partial charge in [-0.05, 0) is 18.2 Å². The zero-order valence-electron chi connectivity index (χ0n) is 9.66. The number of hydrogen-bond donors (Lipinski definition) is 0. The smallest absolute Gasteiger partial charge is 0.415 e. The minimum Gasteiger partial charge on any atom is -0.495 e. The molecule has 100 valence electrons. The lowest BCUT2D eigenvalue weighted by atomic mass is 10.3. The summed E-state index contributed by atoms with van der Waals surface area (Å²) in [6, 6.07) is 4.79. The lowest BCUT2D eigenvalue weighted by Gasteiger charge is -2.21. The fourth-order valence-corrected chi connectivity index (χ4v) is 1.76. The largest absolute Gasteiger partial charge is 0.495 e. The summed E-state index contributed by atoms with van der Waals surface area (Å²) in [5.74, 6) is 0.692. The van der Waals surface area contributed by atoms with Crippen LogP contribution in [0.2, 0.25) is 5.02 Å². The predicted octanol–water partition coefficient (Wildman–Crippen LogP) is 3.73. The Morgan fingerprint density at radius 3 is 2.67 bits per heavy atom. The van der Waals surface area contributed by atoms with E-state index in [1.54, 1.807) is 18.2 Å². The van der Waals surface area contributed by atoms with Crippen LogP contribution in [0.5, 0.6) is 5.75 Å². The Hall–Kier alpha value is -0.840. The molecule has 0 aliphatic carbocycles. The van der Waals surface area contributed by atoms with Crippen molar-refractivity contribution in [3.63, 3.8) is 0 Å². The van der Waals surface area contributed by atoms with Crippen LogP contribution in [0.1, 0.15) is 0 Å². The SMILES string of the molecule is COc1ccc(Cl)cc1N(CCl)C(=O)OCCCl. The maximum absolute atomic E-state index is 11.8. The van der Waals surface area contributed by atoms with Gasteiger partial charge in [-0.3, -0.25) is 4.90 Å². The first kappa shape index (κ1) is 15.2. The van der Waals surface area contributed by atoms with Crippen molar-refractivity contribution in [3.05, 3.63) is 23.2 Å². The van der Waals surface area contributed by atoms with Gasteiger partial charge >= 0.3 is 6.09 Å². The molecule has 1 aromatic rings. The quantitative estimate of drug-likeness (QED) is 0.614. The highest BCUT2D eigenvalue weighted by molar-refractivity contribution is 6.31. The molecule has 0 N–H and O–H groups in total. The maximum atomic E-state index is 11.8. The van der Waals surface area contributed by atoms with E-state index in [1.165, 1.54) is 12.0 Å². The van der Waals surface area contributed by atoms with E-state index in [9.17, 15) is 4.79 Å². The van der Waals surface area contributed by atoms with E-state index in [0.29, 0.717) is 16.5 Å². The van der Waals surface area contributed by atoms with Gasteiger partial charge in [0.1, 0.15) is 18.4 Å². The van der Waals surface area contributed by atoms with Crippen LogP contribution in [0.25, 0.3) is 0 Å². The Labute approximate surface area is 120 Å². The van der Waals surface area contributed by atoms with Crippen molar-refractivity contribution in [1.29, 1.82) is 0 Å². The summed E-state index contributed by atoms with van der Waals surface area (Å²) >= 11 is 17.1. The van der Waals surface area contributed by atoms with Gasteiger partial charge in [0.15, 0.2) is 0 Å². The zero-order chi connectivity index (χ0) is 13.5. The number of ether oxygens (including phenoxy) is 2. The number of amides is 1. The molecule has 18 heavy (non-hydrogen) atoms. The lowest BCUT2D eigenvalue weighted by molar-refractivity contribution is 0.161. The van der Waals surface area contributed by atoms with E-state index < -0.39 is 6.09 Å². The molecular weight excluding hydrogens is 300 g/mol. The van der Waals surface area contributed by atoms with Gasteiger partial charge in [-0.1, -0.05) is 11.6 Å². The van der Waals surface area contributed by atoms with Crippen LogP contribution in [0.3, 0.4) is 0 Å². The van der Waals surface area contributed by atoms with Crippen molar-refractivity contribution < 1.29 is 14.3 Å². The van der Waals surface area contributed by atoms with Gasteiger partial charge in [-0.15, -0.1) is 23.2 Å². The summed E-state index contributed by atoms with van der Waals surface area (Å²) in [6.07, 6.45) is -0.605. The summed E-state index contributed by atoms with van der Waals surface area (Å²) in [4.78, 5) is 13.0. The van der Waals surface area contributed by atoms with E-state index >= 15 is 0 Å². The topological polar surface area (TPSA) is 38.8 Å². The van der Waals surface area contributed by atoms with Gasteiger partial charge in [-0.2, -0.15) is 0 Å². The van der Waals surface area contributed by atoms with Crippen LogP contribution in [0.15, 0.2) is 18.2 Å². The monoisotopic (exact) mass is 311 g/mol. The molecule has 0 fully saturated rings. The molecule has 0 radical (unpaired) electrons. The fourth-order valence-electron chi connectivity index (χ4n) is 1.29. The molecule has 0 heterocycles. The van der Waals surface area contributed by atoms with Gasteiger partial charge < -0.3 is 9.47 Å². The van der Waals surface area contributed by atoms with Crippen LogP contribution in [-0.2, 0) is 4.74 Å². The Morgan fingerprint density at radius 1 is 1.39 bits per heavy atom. The first-order valence-corrected chi connectivity index (χ1v) is 6.48. The molecule has 0 unspecified atom stereocenters. The second-order valence-electron chi connectivity index (χ2n) is 3.17. The van der Waals surface area contributed by atoms with Crippen molar-refractivity contribution in [2.24, 2.45) is 0 Å². The fraction of sp³-hybridized carbons (Fsp3) is 0.364. The second kappa shape index (κ2) is 7.56. The highest BCUT2D eigenvalue weighted by Crippen LogP contribution is 2.31. The van der Waals surface area contributed by atoms with E-state index in [0.717, 1.165) is 0 Å². The molecule has 0 saturated heterocycles. The number of nitrogens with zero attached hydrogens (tertiary/aromatic N) is 1. The van der Waals surface area contributed by atoms with Crippen LogP contribution >= 0.6 is 34.8 Å². The number of alkyl halides is 2. The minimum atomic E-state index is -0.605. The maximum Gasteiger partial charge on any atom is 0.415 e. The Kier molecular flexibility index (Phi) is 6.39. The summed E-state index contributed by atoms with van der Waals surface area (Å²) in [7, 11) is 1.49. The third-order valence-electron chi connectivity index (χ3n) is 2.07. The Bertz CT molecular complexity index is 415. The van der Waals surface area contributed by atoms with E-state index in [-0.39, 0.29) is 18.5 Å². The number of methoxy groups -OCH3 is 1. The first-order chi connectivity index (χ1) is 8.63. The number of halogens is 3. The molecule has 4 nitrogen and oxygen atoms in total. The van der Waals surface area contributed by atoms with Gasteiger partial charge in [-0.25, -0.2) is 4.79 Å². The number of carbonyl (C=O) groups excluding carboxylic acids is 1. The van der Waals surface area contributed by atoms with Crippen molar-refractivity contribution in [1.82, 2.24) is 0 Å². The molecule has 0 bridgehead atoms. The zero-order valence-corrected chi connectivity index (χ0v) is 11.9. The van der Waals surface area contributed by atoms with Gasteiger partial charge in [0.25, 0.3) is 0 Å². The van der Waals surface area contributed by atoms with Gasteiger partial charge in [0, 0.05) is 5.02 Å². The molecule has 1 rings (SSSR count). The van der Waals surface area contributed by atoms with Crippen LogP contribution in [0.4, 0.5) is 10.5 Å². The third-order valence-corrected chi connectivity index (χ3v) is 2.70. The molecule has 1 amide bonds. The average Bonchev–Trinajstić information content (AvgIpc) is 2.37. The van der Waals surface area contributed by atoms with Crippen molar-refractivity contribution >= 4 is 46.6 Å². The number of anilines is 1. The van der Waals surface area contributed by atoms with Gasteiger partial charge in [0.2, 0.25) is 0 Å². The summed E-state index contributed by atoms with van der Waals surface area (Å²) in [5.41, 5.74) is 0.444. The third kappa shape index (κ3) is 3.83. The normalized spacial score (nSPS) is 10.0. The van der Waals surface area contributed by atoms with E-state index in [4.69, 9.17) is 44.3 Å². The molecule has 7 heteroatoms. The number of rotatable bonds is 5. The lowest BCUT2D eigenvalue weighted by Crippen LogP contribution is -2.31. The molecule has 0 aliphatic rings.